The number of hydrogen-bond acceptors (Lipinski definition) is 3. The Morgan fingerprint density at radius 2 is 1.85 bits per heavy atom. The average molecular weight is 429 g/mol. The fraction of sp³-hybridized carbons (Fsp3) is 0.364. The van der Waals surface area contributed by atoms with Crippen molar-refractivity contribution in [3.63, 3.8) is 0 Å². The first-order valence-electron chi connectivity index (χ1n) is 9.50. The van der Waals surface area contributed by atoms with Gasteiger partial charge in [-0.25, -0.2) is 0 Å². The number of benzene rings is 2. The summed E-state index contributed by atoms with van der Waals surface area (Å²) in [7, 11) is 0. The Morgan fingerprint density at radius 1 is 1.08 bits per heavy atom. The molecule has 0 saturated carbocycles. The molecule has 136 valence electrons. The molecule has 0 radical (unpaired) electrons. The molecular formula is C22H25BrN2S. The van der Waals surface area contributed by atoms with E-state index in [1.165, 1.54) is 54.2 Å². The maximum atomic E-state index is 3.59. The number of halogens is 1. The number of fused-ring (bicyclic) bond motifs is 1. The van der Waals surface area contributed by atoms with Gasteiger partial charge in [-0.15, -0.1) is 0 Å². The highest BCUT2D eigenvalue weighted by molar-refractivity contribution is 9.10. The molecule has 2 aromatic carbocycles. The first-order valence-corrected chi connectivity index (χ1v) is 11.2. The van der Waals surface area contributed by atoms with E-state index in [2.05, 4.69) is 87.3 Å². The van der Waals surface area contributed by atoms with Gasteiger partial charge in [-0.3, -0.25) is 0 Å². The van der Waals surface area contributed by atoms with Crippen molar-refractivity contribution in [2.24, 2.45) is 0 Å². The number of likely N-dealkylation sites (N-methyl/N-ethyl adjacent to an activating group) is 1. The monoisotopic (exact) mass is 428 g/mol. The van der Waals surface area contributed by atoms with Gasteiger partial charge in [-0.2, -0.15) is 0 Å². The molecule has 1 saturated heterocycles. The molecule has 4 rings (SSSR count). The molecule has 2 heterocycles. The van der Waals surface area contributed by atoms with Gasteiger partial charge in [0.2, 0.25) is 0 Å². The van der Waals surface area contributed by atoms with Gasteiger partial charge in [-0.05, 0) is 62.1 Å². The lowest BCUT2D eigenvalue weighted by Gasteiger charge is -2.28. The van der Waals surface area contributed by atoms with Crippen LogP contribution in [0.2, 0.25) is 0 Å². The lowest BCUT2D eigenvalue weighted by molar-refractivity contribution is 0.578. The molecule has 0 spiro atoms. The second kappa shape index (κ2) is 8.10. The Hall–Kier alpha value is -1.39. The highest BCUT2D eigenvalue weighted by Gasteiger charge is 2.27. The Bertz CT molecular complexity index is 781. The lowest BCUT2D eigenvalue weighted by Crippen LogP contribution is -2.29. The SMILES string of the molecule is CCN1c2ccc(Br)cc2SC1C=Cc1ccc(N2CCCCC2)cc1. The minimum atomic E-state index is 0.367. The molecule has 2 aliphatic heterocycles. The van der Waals surface area contributed by atoms with Crippen LogP contribution >= 0.6 is 27.7 Å². The van der Waals surface area contributed by atoms with Gasteiger partial charge in [0, 0.05) is 34.7 Å². The normalized spacial score (nSPS) is 20.0. The third kappa shape index (κ3) is 3.81. The number of rotatable bonds is 4. The number of nitrogens with zero attached hydrogens (tertiary/aromatic N) is 2. The summed E-state index contributed by atoms with van der Waals surface area (Å²) in [6.07, 6.45) is 8.62. The zero-order valence-electron chi connectivity index (χ0n) is 15.2. The summed E-state index contributed by atoms with van der Waals surface area (Å²) in [6.45, 7) is 5.65. The average Bonchev–Trinajstić information content (AvgIpc) is 3.04. The third-order valence-corrected chi connectivity index (χ3v) is 6.92. The van der Waals surface area contributed by atoms with Gasteiger partial charge in [0.05, 0.1) is 11.1 Å². The maximum Gasteiger partial charge on any atom is 0.0985 e. The Labute approximate surface area is 169 Å². The Balaban J connectivity index is 1.46. The molecule has 1 atom stereocenters. The molecule has 26 heavy (non-hydrogen) atoms. The van der Waals surface area contributed by atoms with E-state index in [1.807, 2.05) is 11.8 Å². The van der Waals surface area contributed by atoms with Crippen LogP contribution in [0.1, 0.15) is 31.7 Å². The second-order valence-electron chi connectivity index (χ2n) is 6.90. The molecule has 0 N–H and O–H groups in total. The molecule has 0 aliphatic carbocycles. The highest BCUT2D eigenvalue weighted by atomic mass is 79.9. The van der Waals surface area contributed by atoms with E-state index in [4.69, 9.17) is 0 Å². The minimum Gasteiger partial charge on any atom is -0.372 e. The standard InChI is InChI=1S/C22H25BrN2S/c1-2-25-20-12-9-18(23)16-21(20)26-22(25)13-8-17-6-10-19(11-7-17)24-14-4-3-5-15-24/h6-13,16,22H,2-5,14-15H2,1H3. The Morgan fingerprint density at radius 3 is 2.58 bits per heavy atom. The van der Waals surface area contributed by atoms with Gasteiger partial charge in [0.1, 0.15) is 0 Å². The van der Waals surface area contributed by atoms with Crippen molar-refractivity contribution in [1.82, 2.24) is 0 Å². The van der Waals surface area contributed by atoms with Crippen molar-refractivity contribution in [2.45, 2.75) is 36.5 Å². The van der Waals surface area contributed by atoms with Crippen LogP contribution in [-0.2, 0) is 0 Å². The fourth-order valence-corrected chi connectivity index (χ4v) is 5.61. The smallest absolute Gasteiger partial charge is 0.0985 e. The summed E-state index contributed by atoms with van der Waals surface area (Å²) in [4.78, 5) is 6.33. The van der Waals surface area contributed by atoms with Crippen LogP contribution in [0.3, 0.4) is 0 Å². The van der Waals surface area contributed by atoms with Crippen LogP contribution in [0.5, 0.6) is 0 Å². The van der Waals surface area contributed by atoms with Gasteiger partial charge in [0.25, 0.3) is 0 Å². The molecular weight excluding hydrogens is 404 g/mol. The summed E-state index contributed by atoms with van der Waals surface area (Å²) in [5, 5.41) is 0.367. The van der Waals surface area contributed by atoms with E-state index in [0.29, 0.717) is 5.37 Å². The van der Waals surface area contributed by atoms with Crippen LogP contribution < -0.4 is 9.80 Å². The van der Waals surface area contributed by atoms with E-state index in [0.717, 1.165) is 11.0 Å². The molecule has 2 aliphatic rings. The van der Waals surface area contributed by atoms with Crippen LogP contribution in [0.15, 0.2) is 57.9 Å². The van der Waals surface area contributed by atoms with Crippen LogP contribution in [0, 0.1) is 0 Å². The van der Waals surface area contributed by atoms with Gasteiger partial charge >= 0.3 is 0 Å². The molecule has 4 heteroatoms. The van der Waals surface area contributed by atoms with Crippen molar-refractivity contribution in [3.05, 3.63) is 58.6 Å². The summed E-state index contributed by atoms with van der Waals surface area (Å²) in [5.41, 5.74) is 3.99. The first kappa shape index (κ1) is 18.0. The molecule has 0 aromatic heterocycles. The quantitative estimate of drug-likeness (QED) is 0.555. The van der Waals surface area contributed by atoms with Crippen molar-refractivity contribution < 1.29 is 0 Å². The van der Waals surface area contributed by atoms with Crippen LogP contribution in [0.25, 0.3) is 6.08 Å². The summed E-state index contributed by atoms with van der Waals surface area (Å²) in [6, 6.07) is 15.6. The topological polar surface area (TPSA) is 6.48 Å². The third-order valence-electron chi connectivity index (χ3n) is 5.19. The number of piperidine rings is 1. The van der Waals surface area contributed by atoms with Crippen LogP contribution in [-0.4, -0.2) is 25.0 Å². The fourth-order valence-electron chi connectivity index (χ4n) is 3.79. The highest BCUT2D eigenvalue weighted by Crippen LogP contribution is 2.45. The minimum absolute atomic E-state index is 0.367. The summed E-state index contributed by atoms with van der Waals surface area (Å²) >= 11 is 5.52. The molecule has 2 aromatic rings. The van der Waals surface area contributed by atoms with Gasteiger partial charge in [0.15, 0.2) is 0 Å². The number of anilines is 2. The van der Waals surface area contributed by atoms with E-state index >= 15 is 0 Å². The van der Waals surface area contributed by atoms with E-state index in [-0.39, 0.29) is 0 Å². The van der Waals surface area contributed by atoms with E-state index < -0.39 is 0 Å². The second-order valence-corrected chi connectivity index (χ2v) is 8.98. The lowest BCUT2D eigenvalue weighted by atomic mass is 10.1. The van der Waals surface area contributed by atoms with Crippen molar-refractivity contribution in [3.8, 4) is 0 Å². The molecule has 2 nitrogen and oxygen atoms in total. The van der Waals surface area contributed by atoms with Gasteiger partial charge in [-0.1, -0.05) is 52.0 Å². The summed E-state index contributed by atoms with van der Waals surface area (Å²) < 4.78 is 1.15. The predicted octanol–water partition coefficient (Wildman–Crippen LogP) is 6.41. The van der Waals surface area contributed by atoms with Gasteiger partial charge < -0.3 is 9.80 Å². The van der Waals surface area contributed by atoms with Crippen LogP contribution in [0.4, 0.5) is 11.4 Å². The zero-order chi connectivity index (χ0) is 17.9. The van der Waals surface area contributed by atoms with Crippen molar-refractivity contribution >= 4 is 45.1 Å². The van der Waals surface area contributed by atoms with E-state index in [1.54, 1.807) is 0 Å². The zero-order valence-corrected chi connectivity index (χ0v) is 17.6. The first-order chi connectivity index (χ1) is 12.7. The number of thioether (sulfide) groups is 1. The Kier molecular flexibility index (Phi) is 5.60. The molecule has 1 unspecified atom stereocenters. The van der Waals surface area contributed by atoms with Crippen molar-refractivity contribution in [2.75, 3.05) is 29.4 Å². The largest absolute Gasteiger partial charge is 0.372 e. The molecule has 1 fully saturated rings. The van der Waals surface area contributed by atoms with Crippen molar-refractivity contribution in [1.29, 1.82) is 0 Å². The van der Waals surface area contributed by atoms with E-state index in [9.17, 15) is 0 Å². The predicted molar refractivity (Wildman–Crippen MR) is 118 cm³/mol. The molecule has 0 amide bonds. The maximum absolute atomic E-state index is 3.59. The summed E-state index contributed by atoms with van der Waals surface area (Å²) in [5.74, 6) is 0. The molecule has 0 bridgehead atoms. The number of hydrogen-bond donors (Lipinski definition) is 0.